The molecule has 6 heteroatoms. The van der Waals surface area contributed by atoms with Crippen molar-refractivity contribution in [1.29, 1.82) is 0 Å². The van der Waals surface area contributed by atoms with E-state index in [2.05, 4.69) is 10.2 Å². The lowest BCUT2D eigenvalue weighted by atomic mass is 10.2. The van der Waals surface area contributed by atoms with Gasteiger partial charge in [0.05, 0.1) is 6.61 Å². The van der Waals surface area contributed by atoms with Gasteiger partial charge in [0.2, 0.25) is 5.89 Å². The zero-order chi connectivity index (χ0) is 16.1. The maximum atomic E-state index is 5.86. The largest absolute Gasteiger partial charge is 0.494 e. The van der Waals surface area contributed by atoms with Gasteiger partial charge in [0.1, 0.15) is 11.5 Å². The Hall–Kier alpha value is -2.53. The van der Waals surface area contributed by atoms with Crippen LogP contribution in [0.3, 0.4) is 0 Å². The van der Waals surface area contributed by atoms with Crippen LogP contribution in [-0.4, -0.2) is 16.8 Å². The normalized spacial score (nSPS) is 10.5. The number of hydrogen-bond donors (Lipinski definition) is 0. The summed E-state index contributed by atoms with van der Waals surface area (Å²) in [7, 11) is 0. The highest BCUT2D eigenvalue weighted by atomic mass is 35.5. The van der Waals surface area contributed by atoms with Crippen molar-refractivity contribution < 1.29 is 13.9 Å². The minimum absolute atomic E-state index is 0.191. The smallest absolute Gasteiger partial charge is 0.254 e. The van der Waals surface area contributed by atoms with Crippen molar-refractivity contribution in [1.82, 2.24) is 10.2 Å². The fourth-order valence-electron chi connectivity index (χ4n) is 1.99. The van der Waals surface area contributed by atoms with E-state index in [0.717, 1.165) is 11.3 Å². The minimum Gasteiger partial charge on any atom is -0.494 e. The van der Waals surface area contributed by atoms with E-state index < -0.39 is 0 Å². The monoisotopic (exact) mass is 330 g/mol. The van der Waals surface area contributed by atoms with E-state index >= 15 is 0 Å². The topological polar surface area (TPSA) is 57.4 Å². The molecule has 0 saturated heterocycles. The molecule has 5 nitrogen and oxygen atoms in total. The molecule has 0 radical (unpaired) electrons. The maximum absolute atomic E-state index is 5.86. The van der Waals surface area contributed by atoms with E-state index in [9.17, 15) is 0 Å². The van der Waals surface area contributed by atoms with Crippen LogP contribution in [0.25, 0.3) is 11.5 Å². The molecule has 23 heavy (non-hydrogen) atoms. The van der Waals surface area contributed by atoms with Crippen LogP contribution in [0.2, 0.25) is 5.02 Å². The minimum atomic E-state index is 0.191. The zero-order valence-electron chi connectivity index (χ0n) is 12.5. The first kappa shape index (κ1) is 15.4. The van der Waals surface area contributed by atoms with E-state index in [0.29, 0.717) is 29.2 Å². The number of nitrogens with zero attached hydrogens (tertiary/aromatic N) is 2. The van der Waals surface area contributed by atoms with Gasteiger partial charge in [-0.25, -0.2) is 0 Å². The van der Waals surface area contributed by atoms with E-state index in [4.69, 9.17) is 25.5 Å². The highest BCUT2D eigenvalue weighted by Gasteiger charge is 2.09. The Labute approximate surface area is 138 Å². The molecule has 0 fully saturated rings. The van der Waals surface area contributed by atoms with E-state index in [1.54, 1.807) is 12.1 Å². The summed E-state index contributed by atoms with van der Waals surface area (Å²) in [6.45, 7) is 2.73. The molecule has 0 unspecified atom stereocenters. The molecule has 118 valence electrons. The highest BCUT2D eigenvalue weighted by molar-refractivity contribution is 6.30. The van der Waals surface area contributed by atoms with Crippen molar-refractivity contribution in [3.05, 3.63) is 59.4 Å². The van der Waals surface area contributed by atoms with E-state index in [1.807, 2.05) is 43.3 Å². The Morgan fingerprint density at radius 1 is 1.00 bits per heavy atom. The molecular weight excluding hydrogens is 316 g/mol. The predicted molar refractivity (Wildman–Crippen MR) is 86.7 cm³/mol. The van der Waals surface area contributed by atoms with Crippen LogP contribution < -0.4 is 9.47 Å². The summed E-state index contributed by atoms with van der Waals surface area (Å²) in [5.74, 6) is 2.28. The van der Waals surface area contributed by atoms with Crippen molar-refractivity contribution in [3.8, 4) is 23.0 Å². The van der Waals surface area contributed by atoms with Gasteiger partial charge in [0, 0.05) is 16.7 Å². The van der Waals surface area contributed by atoms with Crippen LogP contribution in [0.4, 0.5) is 0 Å². The van der Waals surface area contributed by atoms with Gasteiger partial charge < -0.3 is 13.9 Å². The van der Waals surface area contributed by atoms with Gasteiger partial charge in [-0.3, -0.25) is 0 Å². The Morgan fingerprint density at radius 3 is 2.48 bits per heavy atom. The molecule has 0 aliphatic heterocycles. The lowest BCUT2D eigenvalue weighted by Gasteiger charge is -2.06. The quantitative estimate of drug-likeness (QED) is 0.671. The lowest BCUT2D eigenvalue weighted by molar-refractivity contribution is 0.262. The van der Waals surface area contributed by atoms with Crippen molar-refractivity contribution >= 4 is 11.6 Å². The van der Waals surface area contributed by atoms with Gasteiger partial charge in [0.15, 0.2) is 6.61 Å². The molecular formula is C17H15ClN2O3. The van der Waals surface area contributed by atoms with E-state index in [-0.39, 0.29) is 6.61 Å². The fourth-order valence-corrected chi connectivity index (χ4v) is 2.11. The molecule has 0 atom stereocenters. The van der Waals surface area contributed by atoms with Crippen LogP contribution in [-0.2, 0) is 6.61 Å². The van der Waals surface area contributed by atoms with Gasteiger partial charge in [-0.2, -0.15) is 0 Å². The number of halogens is 1. The number of rotatable bonds is 6. The molecule has 3 rings (SSSR count). The molecule has 0 amide bonds. The number of aromatic nitrogens is 2. The number of hydrogen-bond acceptors (Lipinski definition) is 5. The van der Waals surface area contributed by atoms with Crippen molar-refractivity contribution in [2.45, 2.75) is 13.5 Å². The van der Waals surface area contributed by atoms with Crippen LogP contribution in [0.1, 0.15) is 12.8 Å². The molecule has 0 aliphatic rings. The predicted octanol–water partition coefficient (Wildman–Crippen LogP) is 4.37. The molecule has 0 N–H and O–H groups in total. The Bertz CT molecular complexity index is 772. The van der Waals surface area contributed by atoms with Crippen molar-refractivity contribution in [2.24, 2.45) is 0 Å². The molecule has 2 aromatic carbocycles. The first-order valence-corrected chi connectivity index (χ1v) is 7.56. The first-order valence-electron chi connectivity index (χ1n) is 7.18. The Balaban J connectivity index is 1.65. The molecule has 0 bridgehead atoms. The fraction of sp³-hybridized carbons (Fsp3) is 0.176. The molecule has 1 heterocycles. The van der Waals surface area contributed by atoms with Crippen molar-refractivity contribution in [3.63, 3.8) is 0 Å². The number of ether oxygens (including phenoxy) is 2. The van der Waals surface area contributed by atoms with Gasteiger partial charge in [-0.15, -0.1) is 10.2 Å². The third-order valence-electron chi connectivity index (χ3n) is 3.04. The van der Waals surface area contributed by atoms with Crippen LogP contribution in [0.5, 0.6) is 11.5 Å². The summed E-state index contributed by atoms with van der Waals surface area (Å²) in [6, 6.07) is 14.6. The van der Waals surface area contributed by atoms with Gasteiger partial charge >= 0.3 is 0 Å². The Kier molecular flexibility index (Phi) is 4.78. The standard InChI is InChI=1S/C17H15ClN2O3/c1-2-21-14-4-3-5-15(10-14)22-11-16-19-20-17(23-16)12-6-8-13(18)9-7-12/h3-10H,2,11H2,1H3. The summed E-state index contributed by atoms with van der Waals surface area (Å²) in [4.78, 5) is 0. The second kappa shape index (κ2) is 7.15. The maximum Gasteiger partial charge on any atom is 0.254 e. The van der Waals surface area contributed by atoms with Crippen LogP contribution in [0, 0.1) is 0 Å². The average molecular weight is 331 g/mol. The van der Waals surface area contributed by atoms with E-state index in [1.165, 1.54) is 0 Å². The molecule has 3 aromatic rings. The van der Waals surface area contributed by atoms with Crippen molar-refractivity contribution in [2.75, 3.05) is 6.61 Å². The average Bonchev–Trinajstić information content (AvgIpc) is 3.03. The molecule has 0 spiro atoms. The molecule has 1 aromatic heterocycles. The first-order chi connectivity index (χ1) is 11.2. The van der Waals surface area contributed by atoms with Gasteiger partial charge in [-0.05, 0) is 43.3 Å². The zero-order valence-corrected chi connectivity index (χ0v) is 13.3. The second-order valence-corrected chi connectivity index (χ2v) is 5.14. The molecule has 0 aliphatic carbocycles. The molecule has 0 saturated carbocycles. The summed E-state index contributed by atoms with van der Waals surface area (Å²) >= 11 is 5.86. The summed E-state index contributed by atoms with van der Waals surface area (Å²) in [6.07, 6.45) is 0. The second-order valence-electron chi connectivity index (χ2n) is 4.70. The lowest BCUT2D eigenvalue weighted by Crippen LogP contribution is -1.97. The third-order valence-corrected chi connectivity index (χ3v) is 3.29. The van der Waals surface area contributed by atoms with Crippen LogP contribution in [0.15, 0.2) is 52.9 Å². The SMILES string of the molecule is CCOc1cccc(OCc2nnc(-c3ccc(Cl)cc3)o2)c1. The summed E-state index contributed by atoms with van der Waals surface area (Å²) < 4.78 is 16.7. The summed E-state index contributed by atoms with van der Waals surface area (Å²) in [5, 5.41) is 8.65. The highest BCUT2D eigenvalue weighted by Crippen LogP contribution is 2.22. The third kappa shape index (κ3) is 4.02. The van der Waals surface area contributed by atoms with Gasteiger partial charge in [-0.1, -0.05) is 17.7 Å². The Morgan fingerprint density at radius 2 is 1.74 bits per heavy atom. The van der Waals surface area contributed by atoms with Gasteiger partial charge in [0.25, 0.3) is 5.89 Å². The van der Waals surface area contributed by atoms with Crippen LogP contribution >= 0.6 is 11.6 Å². The number of benzene rings is 2. The summed E-state index contributed by atoms with van der Waals surface area (Å²) in [5.41, 5.74) is 0.812.